The van der Waals surface area contributed by atoms with Gasteiger partial charge in [-0.25, -0.2) is 9.78 Å². The number of aromatic nitrogens is 2. The zero-order valence-corrected chi connectivity index (χ0v) is 12.9. The van der Waals surface area contributed by atoms with E-state index in [9.17, 15) is 15.0 Å². The number of hydrogen-bond acceptors (Lipinski definition) is 3. The number of aromatic carboxylic acids is 1. The Balaban J connectivity index is 2.81. The number of carbonyl (C=O) groups is 1. The minimum atomic E-state index is -0.981. The minimum absolute atomic E-state index is 0.000145. The summed E-state index contributed by atoms with van der Waals surface area (Å²) in [5.41, 5.74) is 1.47. The molecule has 0 saturated carbocycles. The first-order chi connectivity index (χ1) is 9.88. The third-order valence-electron chi connectivity index (χ3n) is 3.78. The summed E-state index contributed by atoms with van der Waals surface area (Å²) in [6.45, 7) is 8.12. The number of hydrogen-bond donors (Lipinski definition) is 2. The van der Waals surface area contributed by atoms with Crippen LogP contribution in [0.5, 0.6) is 0 Å². The number of carboxylic acids is 1. The SMILES string of the molecule is CC(C)c1nc2c(C(=O)O)cccc2n1[C@@H](CO)C(C)C. The number of imidazole rings is 1. The Labute approximate surface area is 124 Å². The Morgan fingerprint density at radius 2 is 1.95 bits per heavy atom. The molecular formula is C16H22N2O3. The summed E-state index contributed by atoms with van der Waals surface area (Å²) >= 11 is 0. The standard InChI is InChI=1S/C16H22N2O3/c1-9(2)13(8-19)18-12-7-5-6-11(16(20)21)14(12)17-15(18)10(3)4/h5-7,9-10,13,19H,8H2,1-4H3,(H,20,21)/t13-/m0/s1. The second-order valence-electron chi connectivity index (χ2n) is 5.97. The van der Waals surface area contributed by atoms with Crippen molar-refractivity contribution in [2.45, 2.75) is 39.7 Å². The Bertz CT molecular complexity index is 659. The van der Waals surface area contributed by atoms with Crippen LogP contribution in [-0.2, 0) is 0 Å². The molecule has 2 aromatic rings. The maximum atomic E-state index is 11.4. The second kappa shape index (κ2) is 5.85. The van der Waals surface area contributed by atoms with Gasteiger partial charge in [-0.3, -0.25) is 0 Å². The number of rotatable bonds is 5. The lowest BCUT2D eigenvalue weighted by Gasteiger charge is -2.24. The quantitative estimate of drug-likeness (QED) is 0.887. The summed E-state index contributed by atoms with van der Waals surface area (Å²) in [4.78, 5) is 15.9. The Morgan fingerprint density at radius 1 is 1.29 bits per heavy atom. The van der Waals surface area contributed by atoms with Gasteiger partial charge in [0.15, 0.2) is 0 Å². The number of para-hydroxylation sites is 1. The molecule has 0 spiro atoms. The predicted molar refractivity (Wildman–Crippen MR) is 81.7 cm³/mol. The van der Waals surface area contributed by atoms with Gasteiger partial charge in [0.05, 0.1) is 23.7 Å². The van der Waals surface area contributed by atoms with E-state index in [0.717, 1.165) is 11.3 Å². The fourth-order valence-electron chi connectivity index (χ4n) is 2.65. The van der Waals surface area contributed by atoms with E-state index in [1.165, 1.54) is 0 Å². The molecule has 0 bridgehead atoms. The molecule has 0 amide bonds. The van der Waals surface area contributed by atoms with Crippen LogP contribution in [0.4, 0.5) is 0 Å². The third-order valence-corrected chi connectivity index (χ3v) is 3.78. The van der Waals surface area contributed by atoms with E-state index in [4.69, 9.17) is 0 Å². The summed E-state index contributed by atoms with van der Waals surface area (Å²) in [6, 6.07) is 5.04. The van der Waals surface area contributed by atoms with Gasteiger partial charge >= 0.3 is 5.97 Å². The minimum Gasteiger partial charge on any atom is -0.478 e. The summed E-state index contributed by atoms with van der Waals surface area (Å²) < 4.78 is 2.00. The Kier molecular flexibility index (Phi) is 4.32. The van der Waals surface area contributed by atoms with Crippen molar-refractivity contribution < 1.29 is 15.0 Å². The lowest BCUT2D eigenvalue weighted by Crippen LogP contribution is -2.21. The molecule has 5 heteroatoms. The summed E-state index contributed by atoms with van der Waals surface area (Å²) in [7, 11) is 0. The highest BCUT2D eigenvalue weighted by Gasteiger charge is 2.24. The molecule has 0 aliphatic rings. The zero-order valence-electron chi connectivity index (χ0n) is 12.9. The molecule has 0 saturated heterocycles. The monoisotopic (exact) mass is 290 g/mol. The van der Waals surface area contributed by atoms with Crippen LogP contribution >= 0.6 is 0 Å². The molecule has 0 aliphatic heterocycles. The van der Waals surface area contributed by atoms with Crippen LogP contribution in [0.3, 0.4) is 0 Å². The van der Waals surface area contributed by atoms with Crippen molar-refractivity contribution >= 4 is 17.0 Å². The molecule has 0 unspecified atom stereocenters. The molecular weight excluding hydrogens is 268 g/mol. The lowest BCUT2D eigenvalue weighted by atomic mass is 10.0. The van der Waals surface area contributed by atoms with E-state index in [1.807, 2.05) is 38.3 Å². The number of aliphatic hydroxyl groups excluding tert-OH is 1. The number of fused-ring (bicyclic) bond motifs is 1. The summed E-state index contributed by atoms with van der Waals surface area (Å²) in [5.74, 6) is 0.197. The molecule has 0 aliphatic carbocycles. The highest BCUT2D eigenvalue weighted by molar-refractivity contribution is 6.01. The molecule has 1 heterocycles. The van der Waals surface area contributed by atoms with Gasteiger partial charge in [-0.15, -0.1) is 0 Å². The normalized spacial score (nSPS) is 13.3. The first kappa shape index (κ1) is 15.5. The molecule has 0 fully saturated rings. The van der Waals surface area contributed by atoms with Crippen molar-refractivity contribution in [2.75, 3.05) is 6.61 Å². The number of nitrogens with zero attached hydrogens (tertiary/aromatic N) is 2. The second-order valence-corrected chi connectivity index (χ2v) is 5.97. The number of aliphatic hydroxyl groups is 1. The van der Waals surface area contributed by atoms with Gasteiger partial charge in [-0.05, 0) is 18.1 Å². The number of carboxylic acid groups (broad SMARTS) is 1. The van der Waals surface area contributed by atoms with E-state index in [1.54, 1.807) is 12.1 Å². The molecule has 114 valence electrons. The maximum Gasteiger partial charge on any atom is 0.337 e. The fraction of sp³-hybridized carbons (Fsp3) is 0.500. The van der Waals surface area contributed by atoms with Gasteiger partial charge in [0.2, 0.25) is 0 Å². The molecule has 2 rings (SSSR count). The van der Waals surface area contributed by atoms with Crippen molar-refractivity contribution in [1.82, 2.24) is 9.55 Å². The van der Waals surface area contributed by atoms with Gasteiger partial charge in [-0.2, -0.15) is 0 Å². The summed E-state index contributed by atoms with van der Waals surface area (Å²) in [5, 5.41) is 19.1. The van der Waals surface area contributed by atoms with Crippen molar-refractivity contribution in [3.63, 3.8) is 0 Å². The van der Waals surface area contributed by atoms with Gasteiger partial charge in [0, 0.05) is 5.92 Å². The van der Waals surface area contributed by atoms with E-state index in [2.05, 4.69) is 4.98 Å². The molecule has 1 aromatic heterocycles. The maximum absolute atomic E-state index is 11.4. The molecule has 0 radical (unpaired) electrons. The van der Waals surface area contributed by atoms with Gasteiger partial charge in [0.1, 0.15) is 11.3 Å². The molecule has 1 aromatic carbocycles. The third kappa shape index (κ3) is 2.65. The topological polar surface area (TPSA) is 75.3 Å². The van der Waals surface area contributed by atoms with E-state index < -0.39 is 5.97 Å². The van der Waals surface area contributed by atoms with Gasteiger partial charge in [-0.1, -0.05) is 33.8 Å². The Morgan fingerprint density at radius 3 is 2.43 bits per heavy atom. The van der Waals surface area contributed by atoms with Gasteiger partial charge < -0.3 is 14.8 Å². The van der Waals surface area contributed by atoms with Crippen LogP contribution in [-0.4, -0.2) is 32.3 Å². The fourth-order valence-corrected chi connectivity index (χ4v) is 2.65. The van der Waals surface area contributed by atoms with E-state index in [0.29, 0.717) is 5.52 Å². The van der Waals surface area contributed by atoms with Crippen molar-refractivity contribution in [1.29, 1.82) is 0 Å². The number of benzene rings is 1. The molecule has 1 atom stereocenters. The predicted octanol–water partition coefficient (Wildman–Crippen LogP) is 3.05. The summed E-state index contributed by atoms with van der Waals surface area (Å²) in [6.07, 6.45) is 0. The Hall–Kier alpha value is -1.88. The van der Waals surface area contributed by atoms with E-state index in [-0.39, 0.29) is 30.0 Å². The first-order valence-corrected chi connectivity index (χ1v) is 7.23. The molecule has 2 N–H and O–H groups in total. The van der Waals surface area contributed by atoms with Crippen LogP contribution < -0.4 is 0 Å². The highest BCUT2D eigenvalue weighted by atomic mass is 16.4. The van der Waals surface area contributed by atoms with Crippen molar-refractivity contribution in [3.05, 3.63) is 29.6 Å². The van der Waals surface area contributed by atoms with Crippen LogP contribution in [0.2, 0.25) is 0 Å². The van der Waals surface area contributed by atoms with Crippen LogP contribution in [0, 0.1) is 5.92 Å². The van der Waals surface area contributed by atoms with Crippen LogP contribution in [0.25, 0.3) is 11.0 Å². The van der Waals surface area contributed by atoms with Crippen molar-refractivity contribution in [2.24, 2.45) is 5.92 Å². The lowest BCUT2D eigenvalue weighted by molar-refractivity contribution is 0.0699. The average molecular weight is 290 g/mol. The van der Waals surface area contributed by atoms with E-state index >= 15 is 0 Å². The average Bonchev–Trinajstić information content (AvgIpc) is 2.78. The zero-order chi connectivity index (χ0) is 15.7. The smallest absolute Gasteiger partial charge is 0.337 e. The van der Waals surface area contributed by atoms with Crippen LogP contribution in [0.15, 0.2) is 18.2 Å². The van der Waals surface area contributed by atoms with Crippen LogP contribution in [0.1, 0.15) is 55.8 Å². The molecule has 5 nitrogen and oxygen atoms in total. The largest absolute Gasteiger partial charge is 0.478 e. The van der Waals surface area contributed by atoms with Gasteiger partial charge in [0.25, 0.3) is 0 Å². The highest BCUT2D eigenvalue weighted by Crippen LogP contribution is 2.30. The van der Waals surface area contributed by atoms with Crippen molar-refractivity contribution in [3.8, 4) is 0 Å². The first-order valence-electron chi connectivity index (χ1n) is 7.23. The molecule has 21 heavy (non-hydrogen) atoms.